The topological polar surface area (TPSA) is 18.5 Å². The number of hydrogen-bond acceptors (Lipinski definition) is 2. The lowest BCUT2D eigenvalue weighted by atomic mass is 9.90. The van der Waals surface area contributed by atoms with Crippen molar-refractivity contribution in [2.45, 2.75) is 6.92 Å². The highest BCUT2D eigenvalue weighted by Gasteiger charge is 2.19. The summed E-state index contributed by atoms with van der Waals surface area (Å²) >= 11 is 0. The molecule has 0 aromatic rings. The van der Waals surface area contributed by atoms with Crippen LogP contribution in [-0.2, 0) is 9.31 Å². The standard InChI is InChI=1S/C7H11BO2/c1-7(2)3-4-8-9-5-6-10-8/h3-4H,1,5-6H2,2H3/b4-3+. The van der Waals surface area contributed by atoms with Crippen molar-refractivity contribution in [2.24, 2.45) is 0 Å². The molecule has 2 nitrogen and oxygen atoms in total. The Kier molecular flexibility index (Phi) is 2.72. The molecule has 0 aromatic heterocycles. The van der Waals surface area contributed by atoms with E-state index in [1.165, 1.54) is 0 Å². The van der Waals surface area contributed by atoms with E-state index in [1.54, 1.807) is 0 Å². The van der Waals surface area contributed by atoms with Gasteiger partial charge in [0.2, 0.25) is 0 Å². The van der Waals surface area contributed by atoms with Gasteiger partial charge in [0.05, 0.1) is 13.2 Å². The zero-order chi connectivity index (χ0) is 7.40. The fourth-order valence-electron chi connectivity index (χ4n) is 0.731. The van der Waals surface area contributed by atoms with Crippen LogP contribution in [0.4, 0.5) is 0 Å². The van der Waals surface area contributed by atoms with Crippen LogP contribution in [0.15, 0.2) is 24.2 Å². The monoisotopic (exact) mass is 138 g/mol. The molecule has 0 aromatic carbocycles. The number of allylic oxidation sites excluding steroid dienone is 2. The molecular weight excluding hydrogens is 127 g/mol. The largest absolute Gasteiger partial charge is 0.486 e. The highest BCUT2D eigenvalue weighted by molar-refractivity contribution is 6.51. The van der Waals surface area contributed by atoms with E-state index in [2.05, 4.69) is 6.58 Å². The maximum Gasteiger partial charge on any atom is 0.486 e. The molecule has 0 unspecified atom stereocenters. The Bertz CT molecular complexity index is 148. The van der Waals surface area contributed by atoms with Crippen molar-refractivity contribution in [3.05, 3.63) is 24.2 Å². The molecule has 0 radical (unpaired) electrons. The quantitative estimate of drug-likeness (QED) is 0.421. The lowest BCUT2D eigenvalue weighted by Gasteiger charge is -1.93. The van der Waals surface area contributed by atoms with Crippen molar-refractivity contribution in [1.29, 1.82) is 0 Å². The Labute approximate surface area is 61.7 Å². The highest BCUT2D eigenvalue weighted by Crippen LogP contribution is 2.01. The highest BCUT2D eigenvalue weighted by atomic mass is 16.6. The summed E-state index contributed by atoms with van der Waals surface area (Å²) in [6, 6.07) is 0. The summed E-state index contributed by atoms with van der Waals surface area (Å²) in [7, 11) is -0.142. The van der Waals surface area contributed by atoms with Gasteiger partial charge < -0.3 is 9.31 Å². The van der Waals surface area contributed by atoms with Crippen LogP contribution in [0, 0.1) is 0 Å². The number of hydrogen-bond donors (Lipinski definition) is 0. The van der Waals surface area contributed by atoms with Gasteiger partial charge in [0.15, 0.2) is 0 Å². The summed E-state index contributed by atoms with van der Waals surface area (Å²) in [4.78, 5) is 0. The van der Waals surface area contributed by atoms with Gasteiger partial charge in [-0.15, -0.1) is 0 Å². The third kappa shape index (κ3) is 2.37. The van der Waals surface area contributed by atoms with Gasteiger partial charge in [-0.2, -0.15) is 0 Å². The molecule has 1 saturated heterocycles. The summed E-state index contributed by atoms with van der Waals surface area (Å²) in [5, 5.41) is 0. The van der Waals surface area contributed by atoms with Gasteiger partial charge in [0.1, 0.15) is 0 Å². The molecule has 1 fully saturated rings. The minimum Gasteiger partial charge on any atom is -0.405 e. The van der Waals surface area contributed by atoms with Crippen molar-refractivity contribution < 1.29 is 9.31 Å². The van der Waals surface area contributed by atoms with Gasteiger partial charge in [0.25, 0.3) is 0 Å². The minimum absolute atomic E-state index is 0.142. The Balaban J connectivity index is 2.29. The molecule has 1 heterocycles. The molecule has 54 valence electrons. The first-order valence-corrected chi connectivity index (χ1v) is 3.36. The van der Waals surface area contributed by atoms with E-state index in [4.69, 9.17) is 9.31 Å². The maximum atomic E-state index is 5.15. The molecule has 1 aliphatic rings. The van der Waals surface area contributed by atoms with Crippen molar-refractivity contribution in [3.8, 4) is 0 Å². The molecule has 1 aliphatic heterocycles. The molecule has 0 N–H and O–H groups in total. The second-order valence-corrected chi connectivity index (χ2v) is 2.32. The van der Waals surface area contributed by atoms with E-state index in [0.717, 1.165) is 5.57 Å². The molecule has 3 heteroatoms. The van der Waals surface area contributed by atoms with Gasteiger partial charge in [-0.05, 0) is 6.92 Å². The molecule has 0 bridgehead atoms. The minimum atomic E-state index is -0.142. The SMILES string of the molecule is C=C(C)/C=C/B1OCCO1. The maximum absolute atomic E-state index is 5.15. The average Bonchev–Trinajstić information content (AvgIpc) is 2.34. The van der Waals surface area contributed by atoms with Crippen LogP contribution in [-0.4, -0.2) is 20.3 Å². The Morgan fingerprint density at radius 3 is 2.60 bits per heavy atom. The molecule has 0 aliphatic carbocycles. The molecule has 0 atom stereocenters. The predicted molar refractivity (Wildman–Crippen MR) is 41.6 cm³/mol. The van der Waals surface area contributed by atoms with E-state index >= 15 is 0 Å². The first-order chi connectivity index (χ1) is 4.79. The van der Waals surface area contributed by atoms with Crippen LogP contribution in [0.25, 0.3) is 0 Å². The van der Waals surface area contributed by atoms with Crippen molar-refractivity contribution in [2.75, 3.05) is 13.2 Å². The normalized spacial score (nSPS) is 18.7. The van der Waals surface area contributed by atoms with E-state index in [-0.39, 0.29) is 7.12 Å². The lowest BCUT2D eigenvalue weighted by Crippen LogP contribution is -2.09. The Hall–Kier alpha value is -0.535. The third-order valence-electron chi connectivity index (χ3n) is 1.19. The molecule has 1 rings (SSSR count). The summed E-state index contributed by atoms with van der Waals surface area (Å²) < 4.78 is 10.3. The average molecular weight is 138 g/mol. The second-order valence-electron chi connectivity index (χ2n) is 2.32. The van der Waals surface area contributed by atoms with Crippen molar-refractivity contribution >= 4 is 7.12 Å². The molecule has 0 spiro atoms. The lowest BCUT2D eigenvalue weighted by molar-refractivity contribution is 0.365. The van der Waals surface area contributed by atoms with E-state index in [0.29, 0.717) is 13.2 Å². The molecule has 0 amide bonds. The van der Waals surface area contributed by atoms with Gasteiger partial charge in [-0.3, -0.25) is 0 Å². The molecule has 0 saturated carbocycles. The summed E-state index contributed by atoms with van der Waals surface area (Å²) in [5.41, 5.74) is 1.01. The van der Waals surface area contributed by atoms with Gasteiger partial charge in [0, 0.05) is 0 Å². The van der Waals surface area contributed by atoms with Crippen molar-refractivity contribution in [1.82, 2.24) is 0 Å². The molecule has 10 heavy (non-hydrogen) atoms. The van der Waals surface area contributed by atoms with Gasteiger partial charge >= 0.3 is 7.12 Å². The van der Waals surface area contributed by atoms with Crippen LogP contribution in [0.1, 0.15) is 6.92 Å². The smallest absolute Gasteiger partial charge is 0.405 e. The summed E-state index contributed by atoms with van der Waals surface area (Å²) in [6.07, 6.45) is 1.90. The van der Waals surface area contributed by atoms with Crippen LogP contribution in [0.3, 0.4) is 0 Å². The van der Waals surface area contributed by atoms with E-state index in [1.807, 2.05) is 19.0 Å². The first-order valence-electron chi connectivity index (χ1n) is 3.36. The second kappa shape index (κ2) is 3.59. The summed E-state index contributed by atoms with van der Waals surface area (Å²) in [6.45, 7) is 7.05. The zero-order valence-electron chi connectivity index (χ0n) is 6.17. The van der Waals surface area contributed by atoms with E-state index < -0.39 is 0 Å². The Morgan fingerprint density at radius 2 is 2.10 bits per heavy atom. The predicted octanol–water partition coefficient (Wildman–Crippen LogP) is 1.19. The van der Waals surface area contributed by atoms with Gasteiger partial charge in [-0.25, -0.2) is 0 Å². The fourth-order valence-corrected chi connectivity index (χ4v) is 0.731. The van der Waals surface area contributed by atoms with Crippen LogP contribution in [0.2, 0.25) is 0 Å². The molecular formula is C7H11BO2. The summed E-state index contributed by atoms with van der Waals surface area (Å²) in [5.74, 6) is 1.87. The fraction of sp³-hybridized carbons (Fsp3) is 0.429. The van der Waals surface area contributed by atoms with Crippen LogP contribution in [0.5, 0.6) is 0 Å². The Morgan fingerprint density at radius 1 is 1.50 bits per heavy atom. The third-order valence-corrected chi connectivity index (χ3v) is 1.19. The van der Waals surface area contributed by atoms with Gasteiger partial charge in [-0.1, -0.05) is 24.2 Å². The number of rotatable bonds is 2. The first kappa shape index (κ1) is 7.57. The van der Waals surface area contributed by atoms with Crippen LogP contribution < -0.4 is 0 Å². The van der Waals surface area contributed by atoms with Crippen LogP contribution >= 0.6 is 0 Å². The zero-order valence-corrected chi connectivity index (χ0v) is 6.17. The van der Waals surface area contributed by atoms with Crippen molar-refractivity contribution in [3.63, 3.8) is 0 Å². The van der Waals surface area contributed by atoms with E-state index in [9.17, 15) is 0 Å².